The van der Waals surface area contributed by atoms with Gasteiger partial charge in [-0.1, -0.05) is 42.3 Å². The highest BCUT2D eigenvalue weighted by Crippen LogP contribution is 2.30. The van der Waals surface area contributed by atoms with E-state index >= 15 is 0 Å². The maximum atomic E-state index is 13.5. The molecule has 0 aromatic heterocycles. The highest BCUT2D eigenvalue weighted by Gasteiger charge is 2.30. The van der Waals surface area contributed by atoms with Gasteiger partial charge in [-0.05, 0) is 69.5 Å². The quantitative estimate of drug-likeness (QED) is 0.366. The Morgan fingerprint density at radius 2 is 1.71 bits per heavy atom. The normalized spacial score (nSPS) is 12.5. The monoisotopic (exact) mass is 585 g/mol. The number of halogens is 2. The molecule has 0 saturated heterocycles. The van der Waals surface area contributed by atoms with Crippen LogP contribution in [-0.2, 0) is 26.2 Å². The van der Waals surface area contributed by atoms with Crippen molar-refractivity contribution in [2.45, 2.75) is 65.1 Å². The van der Waals surface area contributed by atoms with Gasteiger partial charge in [0.15, 0.2) is 0 Å². The molecule has 0 unspecified atom stereocenters. The number of carbonyl (C=O) groups is 2. The lowest BCUT2D eigenvalue weighted by atomic mass is 10.0. The number of methoxy groups -OCH3 is 1. The summed E-state index contributed by atoms with van der Waals surface area (Å²) in [7, 11) is -2.17. The maximum Gasteiger partial charge on any atom is 0.243 e. The van der Waals surface area contributed by atoms with Crippen molar-refractivity contribution in [3.05, 3.63) is 58.1 Å². The molecule has 0 saturated carbocycles. The number of nitrogens with one attached hydrogen (secondary N) is 1. The van der Waals surface area contributed by atoms with Crippen LogP contribution in [0.5, 0.6) is 5.75 Å². The van der Waals surface area contributed by atoms with E-state index in [9.17, 15) is 18.0 Å². The minimum absolute atomic E-state index is 0.0444. The van der Waals surface area contributed by atoms with Crippen molar-refractivity contribution < 1.29 is 22.7 Å². The Morgan fingerprint density at radius 3 is 2.21 bits per heavy atom. The second-order valence-corrected chi connectivity index (χ2v) is 12.8. The number of anilines is 1. The topological polar surface area (TPSA) is 96.0 Å². The smallest absolute Gasteiger partial charge is 0.243 e. The zero-order chi connectivity index (χ0) is 28.7. The van der Waals surface area contributed by atoms with E-state index in [1.165, 1.54) is 17.5 Å². The maximum absolute atomic E-state index is 13.5. The number of benzene rings is 2. The summed E-state index contributed by atoms with van der Waals surface area (Å²) in [6.07, 6.45) is 1.80. The van der Waals surface area contributed by atoms with Crippen LogP contribution in [0.25, 0.3) is 0 Å². The molecule has 2 amide bonds. The molecule has 38 heavy (non-hydrogen) atoms. The number of ether oxygens (including phenoxy) is 1. The molecule has 2 aromatic carbocycles. The number of sulfonamides is 1. The fourth-order valence-corrected chi connectivity index (χ4v) is 5.31. The van der Waals surface area contributed by atoms with E-state index in [4.69, 9.17) is 27.9 Å². The van der Waals surface area contributed by atoms with E-state index < -0.39 is 21.6 Å². The van der Waals surface area contributed by atoms with Gasteiger partial charge in [0, 0.05) is 30.1 Å². The van der Waals surface area contributed by atoms with E-state index in [0.717, 1.165) is 11.8 Å². The van der Waals surface area contributed by atoms with Gasteiger partial charge in [-0.3, -0.25) is 13.9 Å². The Bertz CT molecular complexity index is 1210. The number of hydrogen-bond acceptors (Lipinski definition) is 5. The van der Waals surface area contributed by atoms with Crippen LogP contribution in [0.4, 0.5) is 5.69 Å². The summed E-state index contributed by atoms with van der Waals surface area (Å²) in [5.41, 5.74) is 0.741. The van der Waals surface area contributed by atoms with Crippen LogP contribution in [0.1, 0.15) is 52.5 Å². The van der Waals surface area contributed by atoms with Crippen molar-refractivity contribution in [2.24, 2.45) is 0 Å². The molecule has 0 radical (unpaired) electrons. The lowest BCUT2D eigenvalue weighted by molar-refractivity contribution is -0.142. The molecule has 0 heterocycles. The molecule has 0 spiro atoms. The van der Waals surface area contributed by atoms with Crippen molar-refractivity contribution in [2.75, 3.05) is 24.2 Å². The predicted molar refractivity (Wildman–Crippen MR) is 153 cm³/mol. The molecule has 1 atom stereocenters. The Balaban J connectivity index is 2.25. The van der Waals surface area contributed by atoms with Crippen LogP contribution in [0.2, 0.25) is 10.0 Å². The molecular weight excluding hydrogens is 549 g/mol. The van der Waals surface area contributed by atoms with Crippen LogP contribution in [0.3, 0.4) is 0 Å². The molecule has 0 aliphatic rings. The molecule has 11 heteroatoms. The molecule has 0 fully saturated rings. The summed E-state index contributed by atoms with van der Waals surface area (Å²) < 4.78 is 31.4. The van der Waals surface area contributed by atoms with E-state index in [1.54, 1.807) is 29.2 Å². The van der Waals surface area contributed by atoms with Crippen molar-refractivity contribution in [1.29, 1.82) is 0 Å². The second-order valence-electron chi connectivity index (χ2n) is 10.1. The SMILES string of the molecule is CC[C@@H](C(=O)NC(C)(C)C)N(Cc1ccc(Cl)cc1)C(=O)CCCN(c1ccc(OC)c(Cl)c1)S(C)(=O)=O. The summed E-state index contributed by atoms with van der Waals surface area (Å²) in [4.78, 5) is 28.2. The van der Waals surface area contributed by atoms with Crippen molar-refractivity contribution >= 4 is 50.7 Å². The van der Waals surface area contributed by atoms with E-state index in [-0.39, 0.29) is 42.8 Å². The first kappa shape index (κ1) is 31.7. The third-order valence-electron chi connectivity index (χ3n) is 5.73. The van der Waals surface area contributed by atoms with Crippen molar-refractivity contribution in [1.82, 2.24) is 10.2 Å². The van der Waals surface area contributed by atoms with Gasteiger partial charge in [-0.15, -0.1) is 0 Å². The molecule has 0 bridgehead atoms. The average Bonchev–Trinajstić information content (AvgIpc) is 2.80. The first-order valence-corrected chi connectivity index (χ1v) is 14.9. The largest absolute Gasteiger partial charge is 0.495 e. The van der Waals surface area contributed by atoms with Gasteiger partial charge in [0.2, 0.25) is 21.8 Å². The number of nitrogens with zero attached hydrogens (tertiary/aromatic N) is 2. The highest BCUT2D eigenvalue weighted by atomic mass is 35.5. The van der Waals surface area contributed by atoms with Crippen LogP contribution >= 0.6 is 23.2 Å². The van der Waals surface area contributed by atoms with Crippen LogP contribution in [0, 0.1) is 0 Å². The zero-order valence-electron chi connectivity index (χ0n) is 22.8. The third kappa shape index (κ3) is 9.36. The minimum Gasteiger partial charge on any atom is -0.495 e. The fraction of sp³-hybridized carbons (Fsp3) is 0.481. The van der Waals surface area contributed by atoms with E-state index in [0.29, 0.717) is 22.9 Å². The average molecular weight is 587 g/mol. The Morgan fingerprint density at radius 1 is 1.08 bits per heavy atom. The predicted octanol–water partition coefficient (Wildman–Crippen LogP) is 5.27. The lowest BCUT2D eigenvalue weighted by Gasteiger charge is -2.33. The molecular formula is C27H37Cl2N3O5S. The third-order valence-corrected chi connectivity index (χ3v) is 7.47. The molecule has 0 aliphatic carbocycles. The van der Waals surface area contributed by atoms with Gasteiger partial charge in [-0.2, -0.15) is 0 Å². The number of rotatable bonds is 12. The highest BCUT2D eigenvalue weighted by molar-refractivity contribution is 7.92. The first-order chi connectivity index (χ1) is 17.7. The van der Waals surface area contributed by atoms with Crippen LogP contribution in [-0.4, -0.2) is 56.6 Å². The standard InChI is InChI=1S/C27H37Cl2N3O5S/c1-7-23(26(34)30-27(2,3)4)31(18-19-10-12-20(28)13-11-19)25(33)9-8-16-32(38(6,35)36)21-14-15-24(37-5)22(29)17-21/h10-15,17,23H,7-9,16,18H2,1-6H3,(H,30,34)/t23-/m0/s1. The molecule has 8 nitrogen and oxygen atoms in total. The van der Waals surface area contributed by atoms with Crippen molar-refractivity contribution in [3.63, 3.8) is 0 Å². The molecule has 2 rings (SSSR count). The fourth-order valence-electron chi connectivity index (χ4n) is 3.97. The second kappa shape index (κ2) is 13.5. The van der Waals surface area contributed by atoms with Crippen LogP contribution < -0.4 is 14.4 Å². The van der Waals surface area contributed by atoms with Crippen LogP contribution in [0.15, 0.2) is 42.5 Å². The van der Waals surface area contributed by atoms with Gasteiger partial charge in [0.25, 0.3) is 0 Å². The molecule has 210 valence electrons. The Labute approximate surface area is 236 Å². The summed E-state index contributed by atoms with van der Waals surface area (Å²) in [5.74, 6) is -0.0685. The van der Waals surface area contributed by atoms with Gasteiger partial charge in [0.05, 0.1) is 24.1 Å². The van der Waals surface area contributed by atoms with Gasteiger partial charge in [-0.25, -0.2) is 8.42 Å². The Hall–Kier alpha value is -2.49. The van der Waals surface area contributed by atoms with E-state index in [1.807, 2.05) is 39.8 Å². The van der Waals surface area contributed by atoms with Gasteiger partial charge >= 0.3 is 0 Å². The summed E-state index contributed by atoms with van der Waals surface area (Å²) in [6.45, 7) is 7.79. The number of amides is 2. The van der Waals surface area contributed by atoms with Crippen molar-refractivity contribution in [3.8, 4) is 5.75 Å². The lowest BCUT2D eigenvalue weighted by Crippen LogP contribution is -2.53. The molecule has 2 aromatic rings. The first-order valence-electron chi connectivity index (χ1n) is 12.3. The van der Waals surface area contributed by atoms with Gasteiger partial charge in [0.1, 0.15) is 11.8 Å². The molecule has 1 N–H and O–H groups in total. The zero-order valence-corrected chi connectivity index (χ0v) is 25.1. The summed E-state index contributed by atoms with van der Waals surface area (Å²) in [6, 6.07) is 11.1. The van der Waals surface area contributed by atoms with E-state index in [2.05, 4.69) is 5.32 Å². The summed E-state index contributed by atoms with van der Waals surface area (Å²) >= 11 is 12.2. The summed E-state index contributed by atoms with van der Waals surface area (Å²) in [5, 5.41) is 3.82. The number of hydrogen-bond donors (Lipinski definition) is 1. The number of carbonyl (C=O) groups excluding carboxylic acids is 2. The minimum atomic E-state index is -3.65. The van der Waals surface area contributed by atoms with Gasteiger partial charge < -0.3 is 15.0 Å². The molecule has 0 aliphatic heterocycles. The Kier molecular flexibility index (Phi) is 11.3.